The number of carbonyl (C=O) groups is 2. The molecule has 0 spiro atoms. The largest absolute Gasteiger partial charge is 0.493 e. The molecule has 6 heteroatoms. The molecule has 0 unspecified atom stereocenters. The standard InChI is InChI=1S/C19H20N2O4/c22-16(14-6-7-17-15(10-14)8-9-25-17)12-21-19(24)18(23)20-11-13-4-2-1-3-5-13/h1-7,10,16,22H,8-9,11-12H2,(H,20,23)(H,21,24)/t16-/m1/s1. The lowest BCUT2D eigenvalue weighted by molar-refractivity contribution is -0.139. The first-order chi connectivity index (χ1) is 12.1. The topological polar surface area (TPSA) is 87.7 Å². The number of ether oxygens (including phenoxy) is 1. The molecule has 0 aliphatic carbocycles. The van der Waals surface area contributed by atoms with Crippen molar-refractivity contribution >= 4 is 11.8 Å². The second-order valence-corrected chi connectivity index (χ2v) is 5.86. The highest BCUT2D eigenvalue weighted by atomic mass is 16.5. The molecule has 0 aromatic heterocycles. The molecule has 0 bridgehead atoms. The SMILES string of the molecule is O=C(NCc1ccccc1)C(=O)NC[C@@H](O)c1ccc2c(c1)CCO2. The maximum absolute atomic E-state index is 11.8. The number of carbonyl (C=O) groups excluding carboxylic acids is 2. The van der Waals surface area contributed by atoms with E-state index in [-0.39, 0.29) is 13.1 Å². The van der Waals surface area contributed by atoms with Gasteiger partial charge in [0.2, 0.25) is 0 Å². The van der Waals surface area contributed by atoms with Crippen molar-refractivity contribution in [2.24, 2.45) is 0 Å². The zero-order chi connectivity index (χ0) is 17.6. The third kappa shape index (κ3) is 4.36. The van der Waals surface area contributed by atoms with E-state index < -0.39 is 17.9 Å². The Morgan fingerprint density at radius 1 is 1.08 bits per heavy atom. The molecule has 2 aromatic carbocycles. The molecule has 130 valence electrons. The highest BCUT2D eigenvalue weighted by Gasteiger charge is 2.18. The Morgan fingerprint density at radius 3 is 2.64 bits per heavy atom. The predicted octanol–water partition coefficient (Wildman–Crippen LogP) is 1.09. The number of aliphatic hydroxyl groups excluding tert-OH is 1. The van der Waals surface area contributed by atoms with Crippen LogP contribution >= 0.6 is 0 Å². The Balaban J connectivity index is 1.47. The molecule has 1 aliphatic rings. The summed E-state index contributed by atoms with van der Waals surface area (Å²) in [6.07, 6.45) is -0.0683. The van der Waals surface area contributed by atoms with Gasteiger partial charge in [0.1, 0.15) is 5.75 Å². The Bertz CT molecular complexity index is 761. The molecule has 0 radical (unpaired) electrons. The average molecular weight is 340 g/mol. The van der Waals surface area contributed by atoms with Crippen LogP contribution in [0.1, 0.15) is 22.8 Å². The van der Waals surface area contributed by atoms with E-state index in [1.54, 1.807) is 6.07 Å². The van der Waals surface area contributed by atoms with Crippen LogP contribution in [0.2, 0.25) is 0 Å². The zero-order valence-electron chi connectivity index (χ0n) is 13.7. The van der Waals surface area contributed by atoms with Gasteiger partial charge in [0.05, 0.1) is 12.7 Å². The smallest absolute Gasteiger partial charge is 0.309 e. The van der Waals surface area contributed by atoms with E-state index in [4.69, 9.17) is 4.74 Å². The first-order valence-corrected chi connectivity index (χ1v) is 8.17. The van der Waals surface area contributed by atoms with Crippen molar-refractivity contribution in [1.82, 2.24) is 10.6 Å². The van der Waals surface area contributed by atoms with Crippen LogP contribution in [0, 0.1) is 0 Å². The fourth-order valence-electron chi connectivity index (χ4n) is 2.66. The summed E-state index contributed by atoms with van der Waals surface area (Å²) in [4.78, 5) is 23.6. The zero-order valence-corrected chi connectivity index (χ0v) is 13.7. The lowest BCUT2D eigenvalue weighted by atomic mass is 10.0. The minimum absolute atomic E-state index is 0.0305. The van der Waals surface area contributed by atoms with Crippen molar-refractivity contribution in [2.45, 2.75) is 19.1 Å². The highest BCUT2D eigenvalue weighted by Crippen LogP contribution is 2.27. The normalized spacial score (nSPS) is 13.5. The van der Waals surface area contributed by atoms with Gasteiger partial charge in [-0.15, -0.1) is 0 Å². The molecule has 1 atom stereocenters. The minimum Gasteiger partial charge on any atom is -0.493 e. The van der Waals surface area contributed by atoms with Crippen LogP contribution in [0.25, 0.3) is 0 Å². The van der Waals surface area contributed by atoms with E-state index in [1.165, 1.54) is 0 Å². The first kappa shape index (κ1) is 17.0. The molecule has 1 heterocycles. The maximum atomic E-state index is 11.8. The van der Waals surface area contributed by atoms with Crippen molar-refractivity contribution in [1.29, 1.82) is 0 Å². The maximum Gasteiger partial charge on any atom is 0.309 e. The number of aliphatic hydroxyl groups is 1. The average Bonchev–Trinajstić information content (AvgIpc) is 3.12. The van der Waals surface area contributed by atoms with Gasteiger partial charge >= 0.3 is 11.8 Å². The Hall–Kier alpha value is -2.86. The van der Waals surface area contributed by atoms with Crippen LogP contribution < -0.4 is 15.4 Å². The molecule has 1 aliphatic heterocycles. The third-order valence-electron chi connectivity index (χ3n) is 4.06. The van der Waals surface area contributed by atoms with Gasteiger partial charge in [0, 0.05) is 19.5 Å². The molecular formula is C19H20N2O4. The van der Waals surface area contributed by atoms with E-state index in [0.717, 1.165) is 23.3 Å². The van der Waals surface area contributed by atoms with Crippen LogP contribution in [-0.4, -0.2) is 30.1 Å². The molecular weight excluding hydrogens is 320 g/mol. The minimum atomic E-state index is -0.878. The molecule has 0 fully saturated rings. The molecule has 3 rings (SSSR count). The summed E-state index contributed by atoms with van der Waals surface area (Å²) in [5.74, 6) is -0.654. The fraction of sp³-hybridized carbons (Fsp3) is 0.263. The highest BCUT2D eigenvalue weighted by molar-refractivity contribution is 6.35. The number of hydrogen-bond donors (Lipinski definition) is 3. The number of benzene rings is 2. The van der Waals surface area contributed by atoms with Crippen LogP contribution in [0.5, 0.6) is 5.75 Å². The number of rotatable bonds is 5. The summed E-state index contributed by atoms with van der Waals surface area (Å²) >= 11 is 0. The van der Waals surface area contributed by atoms with E-state index in [0.29, 0.717) is 12.2 Å². The van der Waals surface area contributed by atoms with E-state index in [2.05, 4.69) is 10.6 Å². The lowest BCUT2D eigenvalue weighted by Crippen LogP contribution is -2.41. The van der Waals surface area contributed by atoms with Crippen LogP contribution in [0.15, 0.2) is 48.5 Å². The van der Waals surface area contributed by atoms with E-state index >= 15 is 0 Å². The summed E-state index contributed by atoms with van der Waals surface area (Å²) in [6.45, 7) is 0.894. The lowest BCUT2D eigenvalue weighted by Gasteiger charge is -2.13. The number of fused-ring (bicyclic) bond motifs is 1. The second-order valence-electron chi connectivity index (χ2n) is 5.86. The van der Waals surface area contributed by atoms with Gasteiger partial charge in [0.25, 0.3) is 0 Å². The Morgan fingerprint density at radius 2 is 1.84 bits per heavy atom. The van der Waals surface area contributed by atoms with Gasteiger partial charge in [-0.05, 0) is 28.8 Å². The van der Waals surface area contributed by atoms with Gasteiger partial charge in [-0.2, -0.15) is 0 Å². The third-order valence-corrected chi connectivity index (χ3v) is 4.06. The first-order valence-electron chi connectivity index (χ1n) is 8.17. The number of hydrogen-bond acceptors (Lipinski definition) is 4. The Labute approximate surface area is 145 Å². The molecule has 0 saturated heterocycles. The second kappa shape index (κ2) is 7.81. The summed E-state index contributed by atoms with van der Waals surface area (Å²) in [5.41, 5.74) is 2.64. The summed E-state index contributed by atoms with van der Waals surface area (Å²) < 4.78 is 5.42. The van der Waals surface area contributed by atoms with E-state index in [1.807, 2.05) is 42.5 Å². The van der Waals surface area contributed by atoms with Gasteiger partial charge in [-0.3, -0.25) is 9.59 Å². The fourth-order valence-corrected chi connectivity index (χ4v) is 2.66. The van der Waals surface area contributed by atoms with Crippen LogP contribution in [-0.2, 0) is 22.6 Å². The van der Waals surface area contributed by atoms with Crippen molar-refractivity contribution in [3.63, 3.8) is 0 Å². The quantitative estimate of drug-likeness (QED) is 0.711. The molecule has 2 amide bonds. The Kier molecular flexibility index (Phi) is 5.30. The molecule has 2 aromatic rings. The summed E-state index contributed by atoms with van der Waals surface area (Å²) in [6, 6.07) is 14.8. The molecule has 6 nitrogen and oxygen atoms in total. The van der Waals surface area contributed by atoms with Crippen molar-refractivity contribution in [2.75, 3.05) is 13.2 Å². The summed E-state index contributed by atoms with van der Waals surface area (Å²) in [7, 11) is 0. The van der Waals surface area contributed by atoms with Crippen molar-refractivity contribution in [3.05, 3.63) is 65.2 Å². The molecule has 25 heavy (non-hydrogen) atoms. The molecule has 0 saturated carbocycles. The van der Waals surface area contributed by atoms with Gasteiger partial charge < -0.3 is 20.5 Å². The predicted molar refractivity (Wildman–Crippen MR) is 91.9 cm³/mol. The van der Waals surface area contributed by atoms with Crippen LogP contribution in [0.3, 0.4) is 0 Å². The number of nitrogens with one attached hydrogen (secondary N) is 2. The van der Waals surface area contributed by atoms with Crippen molar-refractivity contribution in [3.8, 4) is 5.75 Å². The number of amides is 2. The van der Waals surface area contributed by atoms with Crippen molar-refractivity contribution < 1.29 is 19.4 Å². The molecule has 3 N–H and O–H groups in total. The van der Waals surface area contributed by atoms with Crippen LogP contribution in [0.4, 0.5) is 0 Å². The monoisotopic (exact) mass is 340 g/mol. The van der Waals surface area contributed by atoms with Gasteiger partial charge in [-0.1, -0.05) is 36.4 Å². The van der Waals surface area contributed by atoms with Gasteiger partial charge in [-0.25, -0.2) is 0 Å². The van der Waals surface area contributed by atoms with Gasteiger partial charge in [0.15, 0.2) is 0 Å². The van der Waals surface area contributed by atoms with E-state index in [9.17, 15) is 14.7 Å². The summed E-state index contributed by atoms with van der Waals surface area (Å²) in [5, 5.41) is 15.2.